The fraction of sp³-hybridized carbons (Fsp3) is 0.278. The molecule has 0 bridgehead atoms. The first-order valence-corrected chi connectivity index (χ1v) is 9.08. The Hall–Kier alpha value is -3.39. The number of nitriles is 1. The molecule has 8 nitrogen and oxygen atoms in total. The summed E-state index contributed by atoms with van der Waals surface area (Å²) in [7, 11) is 0. The zero-order valence-corrected chi connectivity index (χ0v) is 16.1. The number of amides is 1. The van der Waals surface area contributed by atoms with E-state index in [2.05, 4.69) is 25.3 Å². The quantitative estimate of drug-likeness (QED) is 0.521. The van der Waals surface area contributed by atoms with Crippen LogP contribution in [0.15, 0.2) is 30.7 Å². The molecule has 3 aromatic heterocycles. The number of aromatic nitrogens is 4. The number of nitrogens with one attached hydrogen (secondary N) is 3. The summed E-state index contributed by atoms with van der Waals surface area (Å²) in [6.45, 7) is -1.46. The van der Waals surface area contributed by atoms with E-state index < -0.39 is 24.7 Å². The highest BCUT2D eigenvalue weighted by Gasteiger charge is 2.29. The zero-order chi connectivity index (χ0) is 21.7. The zero-order valence-electron chi connectivity index (χ0n) is 15.3. The number of nitrogens with zero attached hydrogens (tertiary/aromatic N) is 4. The van der Waals surface area contributed by atoms with Crippen LogP contribution in [0.2, 0.25) is 5.02 Å². The van der Waals surface area contributed by atoms with E-state index in [1.54, 1.807) is 12.3 Å². The molecule has 0 aromatic carbocycles. The van der Waals surface area contributed by atoms with E-state index in [0.717, 1.165) is 0 Å². The van der Waals surface area contributed by atoms with Gasteiger partial charge >= 0.3 is 6.18 Å². The molecule has 1 atom stereocenters. The number of fused-ring (bicyclic) bond motifs is 1. The van der Waals surface area contributed by atoms with Gasteiger partial charge in [-0.15, -0.1) is 0 Å². The Kier molecular flexibility index (Phi) is 6.37. The highest BCUT2D eigenvalue weighted by molar-refractivity contribution is 6.31. The molecular weight excluding hydrogens is 423 g/mol. The topological polar surface area (TPSA) is 119 Å². The molecule has 3 aromatic rings. The van der Waals surface area contributed by atoms with Crippen molar-refractivity contribution in [3.8, 4) is 17.5 Å². The molecule has 3 heterocycles. The van der Waals surface area contributed by atoms with Gasteiger partial charge in [0.2, 0.25) is 5.91 Å². The fourth-order valence-corrected chi connectivity index (χ4v) is 2.86. The number of alkyl halides is 3. The Morgan fingerprint density at radius 3 is 2.90 bits per heavy atom. The van der Waals surface area contributed by atoms with Crippen LogP contribution in [0.1, 0.15) is 12.8 Å². The smallest absolute Gasteiger partial charge is 0.358 e. The van der Waals surface area contributed by atoms with Gasteiger partial charge in [-0.3, -0.25) is 4.79 Å². The molecule has 0 fully saturated rings. The lowest BCUT2D eigenvalue weighted by Crippen LogP contribution is -2.43. The van der Waals surface area contributed by atoms with Crippen LogP contribution in [0, 0.1) is 11.3 Å². The largest absolute Gasteiger partial charge is 0.405 e. The molecule has 3 rings (SSSR count). The highest BCUT2D eigenvalue weighted by Crippen LogP contribution is 2.27. The van der Waals surface area contributed by atoms with Crippen LogP contribution >= 0.6 is 11.6 Å². The summed E-state index contributed by atoms with van der Waals surface area (Å²) in [4.78, 5) is 27.8. The van der Waals surface area contributed by atoms with Gasteiger partial charge in [-0.25, -0.2) is 15.0 Å². The van der Waals surface area contributed by atoms with E-state index in [0.29, 0.717) is 27.4 Å². The van der Waals surface area contributed by atoms with Crippen molar-refractivity contribution in [2.24, 2.45) is 0 Å². The van der Waals surface area contributed by atoms with Crippen molar-refractivity contribution in [3.63, 3.8) is 0 Å². The van der Waals surface area contributed by atoms with Crippen molar-refractivity contribution in [1.82, 2.24) is 25.3 Å². The Balaban J connectivity index is 1.83. The second-order valence-electron chi connectivity index (χ2n) is 6.24. The molecule has 1 amide bonds. The van der Waals surface area contributed by atoms with Gasteiger partial charge in [0, 0.05) is 36.0 Å². The maximum Gasteiger partial charge on any atom is 0.405 e. The van der Waals surface area contributed by atoms with E-state index in [-0.39, 0.29) is 18.7 Å². The molecule has 0 aliphatic rings. The summed E-state index contributed by atoms with van der Waals surface area (Å²) >= 11 is 6.00. The molecule has 0 radical (unpaired) electrons. The number of rotatable bonds is 7. The average molecular weight is 438 g/mol. The first kappa shape index (κ1) is 21.3. The predicted octanol–water partition coefficient (Wildman–Crippen LogP) is 3.44. The van der Waals surface area contributed by atoms with E-state index >= 15 is 0 Å². The number of carbonyl (C=O) groups excluding carboxylic acids is 1. The monoisotopic (exact) mass is 437 g/mol. The molecule has 12 heteroatoms. The first-order valence-electron chi connectivity index (χ1n) is 8.71. The number of anilines is 1. The van der Waals surface area contributed by atoms with E-state index in [1.165, 1.54) is 18.5 Å². The van der Waals surface area contributed by atoms with Gasteiger partial charge in [-0.2, -0.15) is 18.4 Å². The van der Waals surface area contributed by atoms with Gasteiger partial charge in [0.25, 0.3) is 0 Å². The van der Waals surface area contributed by atoms with Crippen molar-refractivity contribution in [2.45, 2.75) is 25.1 Å². The third kappa shape index (κ3) is 5.36. The summed E-state index contributed by atoms with van der Waals surface area (Å²) in [5.41, 5.74) is 1.19. The van der Waals surface area contributed by atoms with Crippen LogP contribution in [0.5, 0.6) is 0 Å². The molecule has 156 valence electrons. The lowest BCUT2D eigenvalue weighted by Gasteiger charge is -2.18. The molecule has 0 unspecified atom stereocenters. The van der Waals surface area contributed by atoms with Crippen molar-refractivity contribution in [2.75, 3.05) is 11.9 Å². The van der Waals surface area contributed by atoms with Gasteiger partial charge < -0.3 is 15.6 Å². The highest BCUT2D eigenvalue weighted by atomic mass is 35.5. The number of hydrogen-bond donors (Lipinski definition) is 3. The predicted molar refractivity (Wildman–Crippen MR) is 103 cm³/mol. The molecule has 0 spiro atoms. The minimum absolute atomic E-state index is 0.00609. The number of aromatic amines is 1. The third-order valence-electron chi connectivity index (χ3n) is 4.04. The van der Waals surface area contributed by atoms with E-state index in [9.17, 15) is 18.0 Å². The van der Waals surface area contributed by atoms with Crippen molar-refractivity contribution >= 4 is 34.4 Å². The van der Waals surface area contributed by atoms with Crippen LogP contribution in [0.4, 0.5) is 19.0 Å². The van der Waals surface area contributed by atoms with Gasteiger partial charge in [0.1, 0.15) is 24.1 Å². The van der Waals surface area contributed by atoms with Gasteiger partial charge in [-0.05, 0) is 18.6 Å². The van der Waals surface area contributed by atoms with Crippen molar-refractivity contribution in [3.05, 3.63) is 35.7 Å². The third-order valence-corrected chi connectivity index (χ3v) is 4.25. The SMILES string of the molecule is N#CCC[C@H](Nc1ccnc(-c2c[nH]c3ncc(Cl)cc23)n1)C(=O)NCC(F)(F)F. The second kappa shape index (κ2) is 8.96. The number of halogens is 4. The van der Waals surface area contributed by atoms with Gasteiger partial charge in [0.15, 0.2) is 5.82 Å². The molecule has 30 heavy (non-hydrogen) atoms. The summed E-state index contributed by atoms with van der Waals surface area (Å²) < 4.78 is 37.2. The Labute approximate surface area is 173 Å². The van der Waals surface area contributed by atoms with Crippen LogP contribution in [-0.4, -0.2) is 44.6 Å². The minimum atomic E-state index is -4.54. The molecule has 0 saturated carbocycles. The lowest BCUT2D eigenvalue weighted by atomic mass is 10.1. The fourth-order valence-electron chi connectivity index (χ4n) is 2.70. The molecular formula is C18H15ClF3N7O. The van der Waals surface area contributed by atoms with Crippen LogP contribution in [0.3, 0.4) is 0 Å². The maximum absolute atomic E-state index is 12.4. The van der Waals surface area contributed by atoms with Crippen LogP contribution < -0.4 is 10.6 Å². The molecule has 3 N–H and O–H groups in total. The Bertz CT molecular complexity index is 1090. The van der Waals surface area contributed by atoms with E-state index in [4.69, 9.17) is 16.9 Å². The molecule has 0 aliphatic carbocycles. The summed E-state index contributed by atoms with van der Waals surface area (Å²) in [5, 5.41) is 14.5. The molecule has 0 aliphatic heterocycles. The average Bonchev–Trinajstić information content (AvgIpc) is 3.12. The molecule has 0 saturated heterocycles. The second-order valence-corrected chi connectivity index (χ2v) is 6.68. The Morgan fingerprint density at radius 2 is 2.17 bits per heavy atom. The van der Waals surface area contributed by atoms with Crippen molar-refractivity contribution < 1.29 is 18.0 Å². The van der Waals surface area contributed by atoms with Crippen LogP contribution in [0.25, 0.3) is 22.4 Å². The Morgan fingerprint density at radius 1 is 1.37 bits per heavy atom. The van der Waals surface area contributed by atoms with Crippen LogP contribution in [-0.2, 0) is 4.79 Å². The number of pyridine rings is 1. The first-order chi connectivity index (χ1) is 14.3. The van der Waals surface area contributed by atoms with Gasteiger partial charge in [0.05, 0.1) is 11.1 Å². The van der Waals surface area contributed by atoms with Gasteiger partial charge in [-0.1, -0.05) is 11.6 Å². The summed E-state index contributed by atoms with van der Waals surface area (Å²) in [5.74, 6) is -0.370. The number of carbonyl (C=O) groups is 1. The standard InChI is InChI=1S/C18H15ClF3N7O/c19-10-6-11-12(8-26-15(11)25-7-10)16-24-5-3-14(29-16)28-13(2-1-4-23)17(30)27-9-18(20,21)22/h3,5-8,13H,1-2,9H2,(H,25,26)(H,27,30)(H,24,28,29)/t13-/m0/s1. The maximum atomic E-state index is 12.4. The number of H-pyrrole nitrogens is 1. The number of hydrogen-bond acceptors (Lipinski definition) is 6. The van der Waals surface area contributed by atoms with E-state index in [1.807, 2.05) is 11.4 Å². The summed E-state index contributed by atoms with van der Waals surface area (Å²) in [6, 6.07) is 3.96. The minimum Gasteiger partial charge on any atom is -0.358 e. The lowest BCUT2D eigenvalue weighted by molar-refractivity contribution is -0.138. The van der Waals surface area contributed by atoms with Crippen molar-refractivity contribution in [1.29, 1.82) is 5.26 Å². The summed E-state index contributed by atoms with van der Waals surface area (Å²) in [6.07, 6.45) is 0.0189. The normalized spacial score (nSPS) is 12.4.